The first kappa shape index (κ1) is 22.4. The summed E-state index contributed by atoms with van der Waals surface area (Å²) in [5.41, 5.74) is 5.85. The van der Waals surface area contributed by atoms with Gasteiger partial charge in [0.25, 0.3) is 0 Å². The molecule has 0 unspecified atom stereocenters. The van der Waals surface area contributed by atoms with E-state index >= 15 is 0 Å². The highest BCUT2D eigenvalue weighted by molar-refractivity contribution is 6.32. The number of piperidine rings is 1. The number of halogens is 1. The Balaban J connectivity index is 1.38. The first-order valence-electron chi connectivity index (χ1n) is 11.0. The molecule has 0 radical (unpaired) electrons. The molecule has 1 fully saturated rings. The van der Waals surface area contributed by atoms with Crippen LogP contribution in [0.1, 0.15) is 29.5 Å². The standard InChI is InChI=1S/C27H28ClNO3/c1-19-23(8-5-9-24(19)21-6-3-2-4-7-21)18-32-26-11-10-20(16-25(26)28)17-29-14-12-22(13-15-29)27(30)31/h2-11,16,22H,12-15,17-18H2,1H3,(H,30,31). The molecule has 3 aromatic carbocycles. The monoisotopic (exact) mass is 449 g/mol. The zero-order valence-corrected chi connectivity index (χ0v) is 19.0. The molecule has 3 aromatic rings. The van der Waals surface area contributed by atoms with Crippen molar-refractivity contribution in [3.63, 3.8) is 0 Å². The summed E-state index contributed by atoms with van der Waals surface area (Å²) in [6, 6.07) is 22.6. The molecular weight excluding hydrogens is 422 g/mol. The Morgan fingerprint density at radius 1 is 1.06 bits per heavy atom. The van der Waals surface area contributed by atoms with Gasteiger partial charge in [0.2, 0.25) is 0 Å². The molecule has 1 saturated heterocycles. The van der Waals surface area contributed by atoms with Crippen LogP contribution in [0.15, 0.2) is 66.7 Å². The van der Waals surface area contributed by atoms with E-state index in [1.807, 2.05) is 36.4 Å². The number of carbonyl (C=O) groups is 1. The van der Waals surface area contributed by atoms with Crippen LogP contribution in [-0.2, 0) is 17.9 Å². The minimum Gasteiger partial charge on any atom is -0.487 e. The molecule has 1 heterocycles. The van der Waals surface area contributed by atoms with Crippen LogP contribution in [0.3, 0.4) is 0 Å². The van der Waals surface area contributed by atoms with Gasteiger partial charge in [-0.3, -0.25) is 9.69 Å². The Labute approximate surface area is 194 Å². The lowest BCUT2D eigenvalue weighted by atomic mass is 9.97. The van der Waals surface area contributed by atoms with Crippen molar-refractivity contribution in [2.75, 3.05) is 13.1 Å². The molecule has 4 nitrogen and oxygen atoms in total. The predicted molar refractivity (Wildman–Crippen MR) is 128 cm³/mol. The van der Waals surface area contributed by atoms with Crippen LogP contribution in [-0.4, -0.2) is 29.1 Å². The molecule has 0 atom stereocenters. The van der Waals surface area contributed by atoms with Crippen molar-refractivity contribution in [2.45, 2.75) is 32.9 Å². The van der Waals surface area contributed by atoms with E-state index in [4.69, 9.17) is 21.4 Å². The SMILES string of the molecule is Cc1c(COc2ccc(CN3CCC(C(=O)O)CC3)cc2Cl)cccc1-c1ccccc1. The summed E-state index contributed by atoms with van der Waals surface area (Å²) < 4.78 is 6.07. The van der Waals surface area contributed by atoms with E-state index in [9.17, 15) is 4.79 Å². The molecule has 0 saturated carbocycles. The molecule has 0 amide bonds. The maximum atomic E-state index is 11.1. The summed E-state index contributed by atoms with van der Waals surface area (Å²) >= 11 is 6.52. The average molecular weight is 450 g/mol. The van der Waals surface area contributed by atoms with Crippen molar-refractivity contribution in [1.82, 2.24) is 4.90 Å². The van der Waals surface area contributed by atoms with E-state index in [0.29, 0.717) is 30.2 Å². The first-order valence-corrected chi connectivity index (χ1v) is 11.4. The fraction of sp³-hybridized carbons (Fsp3) is 0.296. The smallest absolute Gasteiger partial charge is 0.306 e. The van der Waals surface area contributed by atoms with Gasteiger partial charge in [-0.05, 0) is 72.8 Å². The topological polar surface area (TPSA) is 49.8 Å². The normalized spacial score (nSPS) is 14.9. The fourth-order valence-electron chi connectivity index (χ4n) is 4.28. The van der Waals surface area contributed by atoms with Gasteiger partial charge >= 0.3 is 5.97 Å². The Morgan fingerprint density at radius 3 is 2.50 bits per heavy atom. The van der Waals surface area contributed by atoms with Crippen molar-refractivity contribution in [2.24, 2.45) is 5.92 Å². The maximum Gasteiger partial charge on any atom is 0.306 e. The summed E-state index contributed by atoms with van der Waals surface area (Å²) in [5.74, 6) is -0.224. The van der Waals surface area contributed by atoms with Gasteiger partial charge in [-0.2, -0.15) is 0 Å². The highest BCUT2D eigenvalue weighted by atomic mass is 35.5. The van der Waals surface area contributed by atoms with Gasteiger partial charge in [0.15, 0.2) is 0 Å². The Hall–Kier alpha value is -2.82. The third-order valence-corrected chi connectivity index (χ3v) is 6.55. The maximum absolute atomic E-state index is 11.1. The minimum atomic E-state index is -0.682. The van der Waals surface area contributed by atoms with Gasteiger partial charge < -0.3 is 9.84 Å². The molecule has 32 heavy (non-hydrogen) atoms. The number of aliphatic carboxylic acids is 1. The number of likely N-dealkylation sites (tertiary alicyclic amines) is 1. The summed E-state index contributed by atoms with van der Waals surface area (Å²) in [4.78, 5) is 13.4. The molecule has 0 bridgehead atoms. The molecule has 0 spiro atoms. The third-order valence-electron chi connectivity index (χ3n) is 6.25. The van der Waals surface area contributed by atoms with Gasteiger partial charge in [0, 0.05) is 6.54 Å². The fourth-order valence-corrected chi connectivity index (χ4v) is 4.54. The van der Waals surface area contributed by atoms with Gasteiger partial charge in [-0.1, -0.05) is 66.2 Å². The summed E-state index contributed by atoms with van der Waals surface area (Å²) in [5, 5.41) is 9.75. The van der Waals surface area contributed by atoms with E-state index < -0.39 is 5.97 Å². The van der Waals surface area contributed by atoms with E-state index in [0.717, 1.165) is 30.8 Å². The molecule has 1 aliphatic heterocycles. The van der Waals surface area contributed by atoms with E-state index in [2.05, 4.69) is 42.2 Å². The van der Waals surface area contributed by atoms with E-state index in [1.165, 1.54) is 16.7 Å². The summed E-state index contributed by atoms with van der Waals surface area (Å²) in [7, 11) is 0. The quantitative estimate of drug-likeness (QED) is 0.467. The lowest BCUT2D eigenvalue weighted by molar-refractivity contribution is -0.143. The van der Waals surface area contributed by atoms with Gasteiger partial charge in [-0.25, -0.2) is 0 Å². The van der Waals surface area contributed by atoms with Crippen LogP contribution in [0.4, 0.5) is 0 Å². The van der Waals surface area contributed by atoms with Gasteiger partial charge in [-0.15, -0.1) is 0 Å². The van der Waals surface area contributed by atoms with Crippen LogP contribution < -0.4 is 4.74 Å². The second-order valence-corrected chi connectivity index (χ2v) is 8.81. The second kappa shape index (κ2) is 10.2. The largest absolute Gasteiger partial charge is 0.487 e. The first-order chi connectivity index (χ1) is 15.5. The number of hydrogen-bond donors (Lipinski definition) is 1. The van der Waals surface area contributed by atoms with Crippen molar-refractivity contribution >= 4 is 17.6 Å². The molecule has 166 valence electrons. The van der Waals surface area contributed by atoms with E-state index in [1.54, 1.807) is 0 Å². The third kappa shape index (κ3) is 5.32. The number of ether oxygens (including phenoxy) is 1. The van der Waals surface area contributed by atoms with Crippen LogP contribution in [0.5, 0.6) is 5.75 Å². The van der Waals surface area contributed by atoms with Crippen LogP contribution >= 0.6 is 11.6 Å². The van der Waals surface area contributed by atoms with Crippen molar-refractivity contribution in [3.05, 3.63) is 88.4 Å². The predicted octanol–water partition coefficient (Wildman–Crippen LogP) is 6.19. The van der Waals surface area contributed by atoms with Crippen molar-refractivity contribution in [1.29, 1.82) is 0 Å². The number of benzene rings is 3. The number of rotatable bonds is 7. The second-order valence-electron chi connectivity index (χ2n) is 8.40. The average Bonchev–Trinajstić information content (AvgIpc) is 2.80. The summed E-state index contributed by atoms with van der Waals surface area (Å²) in [6.07, 6.45) is 1.40. The lowest BCUT2D eigenvalue weighted by Gasteiger charge is -2.30. The van der Waals surface area contributed by atoms with Gasteiger partial charge in [0.1, 0.15) is 12.4 Å². The van der Waals surface area contributed by atoms with Gasteiger partial charge in [0.05, 0.1) is 10.9 Å². The molecule has 5 heteroatoms. The molecule has 0 aromatic heterocycles. The number of carboxylic acid groups (broad SMARTS) is 1. The highest BCUT2D eigenvalue weighted by Gasteiger charge is 2.24. The molecule has 1 aliphatic rings. The van der Waals surface area contributed by atoms with E-state index in [-0.39, 0.29) is 5.92 Å². The Bertz CT molecular complexity index is 1080. The Kier molecular flexibility index (Phi) is 7.13. The van der Waals surface area contributed by atoms with Crippen LogP contribution in [0, 0.1) is 12.8 Å². The number of carboxylic acids is 1. The number of hydrogen-bond acceptors (Lipinski definition) is 3. The molecular formula is C27H28ClNO3. The van der Waals surface area contributed by atoms with Crippen LogP contribution in [0.2, 0.25) is 5.02 Å². The zero-order chi connectivity index (χ0) is 22.5. The molecule has 0 aliphatic carbocycles. The van der Waals surface area contributed by atoms with Crippen molar-refractivity contribution in [3.8, 4) is 16.9 Å². The Morgan fingerprint density at radius 2 is 1.81 bits per heavy atom. The number of nitrogens with zero attached hydrogens (tertiary/aromatic N) is 1. The highest BCUT2D eigenvalue weighted by Crippen LogP contribution is 2.30. The zero-order valence-electron chi connectivity index (χ0n) is 18.3. The van der Waals surface area contributed by atoms with Crippen LogP contribution in [0.25, 0.3) is 11.1 Å². The molecule has 4 rings (SSSR count). The van der Waals surface area contributed by atoms with Crippen molar-refractivity contribution < 1.29 is 14.6 Å². The summed E-state index contributed by atoms with van der Waals surface area (Å²) in [6.45, 7) is 4.94. The molecule has 1 N–H and O–H groups in total. The lowest BCUT2D eigenvalue weighted by Crippen LogP contribution is -2.35. The minimum absolute atomic E-state index is 0.213.